The molecule has 3 aliphatic heterocycles. The number of carboxylic acids is 1. The summed E-state index contributed by atoms with van der Waals surface area (Å²) in [6.45, 7) is 15.8. The molecule has 2 radical (unpaired) electrons. The third-order valence-electron chi connectivity index (χ3n) is 15.7. The van der Waals surface area contributed by atoms with Crippen LogP contribution in [0.2, 0.25) is 0 Å². The second kappa shape index (κ2) is 30.4. The molecule has 0 saturated carbocycles. The number of nitrogen functional groups attached to an aromatic ring is 1. The number of rotatable bonds is 14. The lowest BCUT2D eigenvalue weighted by Crippen LogP contribution is -2.34. The molecule has 0 unspecified atom stereocenters. The summed E-state index contributed by atoms with van der Waals surface area (Å²) in [5, 5.41) is 67.0. The molecule has 2 amide bonds. The average molecular weight is 1310 g/mol. The Bertz CT molecular complexity index is 3960. The van der Waals surface area contributed by atoms with Gasteiger partial charge in [0, 0.05) is 138 Å². The van der Waals surface area contributed by atoms with Crippen molar-refractivity contribution >= 4 is 130 Å². The number of aliphatic hydroxyl groups is 5. The molecule has 3 aromatic carbocycles. The van der Waals surface area contributed by atoms with Crippen molar-refractivity contribution in [1.29, 1.82) is 1.34 Å². The third kappa shape index (κ3) is 17.6. The van der Waals surface area contributed by atoms with Crippen LogP contribution >= 0.6 is 34.0 Å². The normalized spacial score (nSPS) is 15.2. The number of nitrogens with zero attached hydrogens (tertiary/aromatic N) is 12. The van der Waals surface area contributed by atoms with Crippen LogP contribution in [0.3, 0.4) is 0 Å². The lowest BCUT2D eigenvalue weighted by Gasteiger charge is -2.30. The number of thiazole rings is 3. The summed E-state index contributed by atoms with van der Waals surface area (Å²) < 4.78 is 8.13. The molecule has 0 spiro atoms. The molecular weight excluding hydrogens is 1230 g/mol. The molecule has 92 heavy (non-hydrogen) atoms. The number of carbonyl (C=O) groups excluding carboxylic acids is 3. The molecule has 9 heterocycles. The number of amides is 2. The number of benzene rings is 3. The predicted octanol–water partition coefficient (Wildman–Crippen LogP) is 7.60. The summed E-state index contributed by atoms with van der Waals surface area (Å²) >= 11 is 4.73. The zero-order chi connectivity index (χ0) is 67.2. The molecule has 9 aromatic rings. The highest BCUT2D eigenvalue weighted by molar-refractivity contribution is 7.23. The minimum atomic E-state index is -1.18. The van der Waals surface area contributed by atoms with Gasteiger partial charge >= 0.3 is 5.97 Å². The number of nitrogens with two attached hydrogens (primary N) is 1. The number of carboxylic acid groups (broad SMARTS) is 1. The van der Waals surface area contributed by atoms with Crippen molar-refractivity contribution in [2.24, 2.45) is 17.8 Å². The van der Waals surface area contributed by atoms with Gasteiger partial charge < -0.3 is 66.5 Å². The Morgan fingerprint density at radius 3 is 1.20 bits per heavy atom. The van der Waals surface area contributed by atoms with E-state index in [1.165, 1.54) is 67.1 Å². The van der Waals surface area contributed by atoms with Gasteiger partial charge in [0.15, 0.2) is 21.1 Å². The number of piperidine rings is 3. The molecule has 3 saturated heterocycles. The molecule has 0 aliphatic carbocycles. The van der Waals surface area contributed by atoms with E-state index in [2.05, 4.69) is 63.6 Å². The van der Waals surface area contributed by atoms with Crippen LogP contribution < -0.4 is 31.1 Å². The fourth-order valence-corrected chi connectivity index (χ4v) is 13.6. The number of fused-ring (bicyclic) bond motifs is 3. The third-order valence-corrected chi connectivity index (χ3v) is 19.0. The topological polar surface area (TPSA) is 365 Å². The van der Waals surface area contributed by atoms with Crippen LogP contribution in [0.15, 0.2) is 92.2 Å². The van der Waals surface area contributed by atoms with Crippen LogP contribution in [0.25, 0.3) is 30.6 Å². The fourth-order valence-electron chi connectivity index (χ4n) is 10.5. The van der Waals surface area contributed by atoms with Crippen LogP contribution in [-0.2, 0) is 21.6 Å². The first-order valence-corrected chi connectivity index (χ1v) is 32.2. The van der Waals surface area contributed by atoms with Gasteiger partial charge in [0.2, 0.25) is 0 Å². The Morgan fingerprint density at radius 1 is 0.554 bits per heavy atom. The number of carbonyl (C=O) groups is 4. The Morgan fingerprint density at radius 2 is 0.891 bits per heavy atom. The number of hydrogen-bond donors (Lipinski definition) is 9. The number of hydrogen-bond acceptors (Lipinski definition) is 25. The first kappa shape index (κ1) is 68.1. The van der Waals surface area contributed by atoms with Gasteiger partial charge in [-0.2, -0.15) is 0 Å². The smallest absolute Gasteiger partial charge is 0.356 e. The Kier molecular flexibility index (Phi) is 22.5. The van der Waals surface area contributed by atoms with Crippen molar-refractivity contribution in [1.82, 2.24) is 44.9 Å². The molecule has 0 atom stereocenters. The van der Waals surface area contributed by atoms with Crippen molar-refractivity contribution in [3.8, 4) is 0 Å². The van der Waals surface area contributed by atoms with E-state index in [1.54, 1.807) is 64.2 Å². The molecule has 484 valence electrons. The zero-order valence-corrected chi connectivity index (χ0v) is 54.4. The first-order valence-electron chi connectivity index (χ1n) is 30.3. The van der Waals surface area contributed by atoms with Crippen LogP contribution in [0.1, 0.15) is 128 Å². The maximum Gasteiger partial charge on any atom is 0.356 e. The monoisotopic (exact) mass is 1310 g/mol. The second-order valence-electron chi connectivity index (χ2n) is 24.0. The summed E-state index contributed by atoms with van der Waals surface area (Å²) in [4.78, 5) is 90.2. The van der Waals surface area contributed by atoms with E-state index in [0.29, 0.717) is 40.0 Å². The van der Waals surface area contributed by atoms with E-state index in [4.69, 9.17) is 27.1 Å². The van der Waals surface area contributed by atoms with Crippen molar-refractivity contribution < 1.29 is 49.8 Å². The van der Waals surface area contributed by atoms with E-state index >= 15 is 0 Å². The largest absolute Gasteiger partial charge is 0.476 e. The molecule has 3 fully saturated rings. The number of anilines is 6. The summed E-state index contributed by atoms with van der Waals surface area (Å²) in [6.07, 6.45) is 19.3. The van der Waals surface area contributed by atoms with Crippen molar-refractivity contribution in [2.75, 3.05) is 83.5 Å². The van der Waals surface area contributed by atoms with Crippen molar-refractivity contribution in [2.45, 2.75) is 96.9 Å². The maximum absolute atomic E-state index is 12.6. The zero-order valence-electron chi connectivity index (χ0n) is 52.9. The highest BCUT2D eigenvalue weighted by Gasteiger charge is 2.29. The highest BCUT2D eigenvalue weighted by Crippen LogP contribution is 2.41. The number of aromatic nitrogens is 9. The van der Waals surface area contributed by atoms with Crippen LogP contribution in [0.5, 0.6) is 0 Å². The van der Waals surface area contributed by atoms with Crippen molar-refractivity contribution in [3.05, 3.63) is 126 Å². The lowest BCUT2D eigenvalue weighted by molar-refractivity contribution is -0.111. The van der Waals surface area contributed by atoms with Gasteiger partial charge in [0.25, 0.3) is 11.8 Å². The van der Waals surface area contributed by atoms with Gasteiger partial charge in [-0.3, -0.25) is 24.5 Å². The molecule has 29 heteroatoms. The van der Waals surface area contributed by atoms with E-state index in [1.807, 2.05) is 36.4 Å². The van der Waals surface area contributed by atoms with Crippen LogP contribution in [0.4, 0.5) is 32.5 Å². The van der Waals surface area contributed by atoms with Gasteiger partial charge in [0.1, 0.15) is 17.7 Å². The first-order chi connectivity index (χ1) is 44.4. The Balaban J connectivity index is 0.000000167. The average Bonchev–Trinajstić information content (AvgIpc) is 1.71. The van der Waals surface area contributed by atoms with Crippen LogP contribution in [0, 0.1) is 17.8 Å². The van der Waals surface area contributed by atoms with Gasteiger partial charge in [0.05, 0.1) is 66.0 Å². The highest BCUT2D eigenvalue weighted by atomic mass is 32.1. The Labute approximate surface area is 546 Å². The van der Waals surface area contributed by atoms with E-state index in [-0.39, 0.29) is 42.1 Å². The predicted molar refractivity (Wildman–Crippen MR) is 360 cm³/mol. The molecule has 25 nitrogen and oxygen atoms in total. The summed E-state index contributed by atoms with van der Waals surface area (Å²) in [5.74, 6) is -0.927. The molecule has 0 bridgehead atoms. The standard InChI is InChI=1S/C21H25N5O3S.C21H23N5O3S.C16H23N3O2S.C5H4N2O2.BH/c2*1-21(2,29)14-9-16-18(10-15(14)24-19(28)17-11-22-5-6-23-17)30-20(25-16)26-7-3-13(12-27)4-8-26;1-16(2,21)11-7-13-14(8-12(11)17)22-15(18-13)19-5-3-10(9-20)4-6-19;8-5(9)4-3-6-1-2-7-4;/h5-6,9-11,13,27,29H,3-4,7-8,12H2,1-2H3,(H,24,28);5-6,9-13,29H,3-4,7-8H2,1-2H3,(H,24,28);7-8,10,20-21H,3-6,9,17H2,1-2H3;1-3H,(H,8,9);1H/i;;;;1D. The molecule has 3 aliphatic rings. The molecule has 6 aromatic heterocycles. The summed E-state index contributed by atoms with van der Waals surface area (Å²) in [5.41, 5.74) is 9.10. The van der Waals surface area contributed by atoms with E-state index in [0.717, 1.165) is 136 Å². The Hall–Kier alpha value is -8.29. The number of aldehydes is 1. The summed E-state index contributed by atoms with van der Waals surface area (Å²) in [7, 11) is 3.75. The minimum Gasteiger partial charge on any atom is -0.476 e. The van der Waals surface area contributed by atoms with Crippen LogP contribution in [-0.4, -0.2) is 162 Å². The van der Waals surface area contributed by atoms with Gasteiger partial charge in [-0.1, -0.05) is 34.0 Å². The SMILES string of the molecule is CC(C)(O)c1cc2nc(N3CCC(C=O)CC3)sc2cc1NC(=O)c1cnccn1.CC(C)(O)c1cc2nc(N3CCC(CO)CC3)sc2cc1N.CC(C)(O)c1cc2nc(N3CCC(CO)CC3)sc2cc1NC(=O)c1cnccn1.O=C(O)c1cnccn1.[2H][B]. The second-order valence-corrected chi connectivity index (χ2v) is 27.0. The lowest BCUT2D eigenvalue weighted by atomic mass is 9.96. The van der Waals surface area contributed by atoms with Crippen molar-refractivity contribution in [3.63, 3.8) is 0 Å². The minimum absolute atomic E-state index is 0.0301. The molecule has 10 N–H and O–H groups in total. The maximum atomic E-state index is 12.6. The van der Waals surface area contributed by atoms with E-state index < -0.39 is 28.7 Å². The molecule has 12 rings (SSSR count). The fraction of sp³-hybridized carbons (Fsp3) is 0.413. The van der Waals surface area contributed by atoms with Gasteiger partial charge in [-0.15, -0.1) is 0 Å². The summed E-state index contributed by atoms with van der Waals surface area (Å²) in [6, 6.07) is 11.2. The van der Waals surface area contributed by atoms with Gasteiger partial charge in [-0.25, -0.2) is 34.7 Å². The quantitative estimate of drug-likeness (QED) is 0.0287. The number of aromatic carboxylic acids is 1. The number of nitrogens with one attached hydrogen (secondary N) is 2. The number of aliphatic hydroxyl groups excluding tert-OH is 2. The van der Waals surface area contributed by atoms with E-state index in [9.17, 15) is 44.7 Å². The van der Waals surface area contributed by atoms with Gasteiger partial charge in [-0.05, 0) is 130 Å². The molecular formula is C63H76BN15O10S3.